The molecule has 0 radical (unpaired) electrons. The molecule has 0 aliphatic heterocycles. The van der Waals surface area contributed by atoms with Gasteiger partial charge in [0.1, 0.15) is 24.4 Å². The fourth-order valence-corrected chi connectivity index (χ4v) is 8.54. The molecule has 0 saturated heterocycles. The first-order chi connectivity index (χ1) is 29.5. The quantitative estimate of drug-likeness (QED) is 0.0203. The van der Waals surface area contributed by atoms with Gasteiger partial charge in [-0.1, -0.05) is 79.7 Å². The van der Waals surface area contributed by atoms with Crippen molar-refractivity contribution >= 4 is 55.2 Å². The number of phosphoric ester groups is 4. The van der Waals surface area contributed by atoms with E-state index in [1.807, 2.05) is 13.8 Å². The average molecular weight is 1000 g/mol. The molecule has 0 heterocycles. The fraction of sp³-hybridized carbons (Fsp3) is 0.684. The number of hydrogen-bond donors (Lipinski definition) is 4. The summed E-state index contributed by atoms with van der Waals surface area (Å²) < 4.78 is 96.2. The van der Waals surface area contributed by atoms with Gasteiger partial charge in [-0.05, 0) is 66.2 Å². The van der Waals surface area contributed by atoms with Crippen molar-refractivity contribution < 1.29 is 103 Å². The predicted octanol–water partition coefficient (Wildman–Crippen LogP) is 8.41. The van der Waals surface area contributed by atoms with E-state index in [1.165, 1.54) is 27.7 Å². The molecule has 0 amide bonds. The first-order valence-corrected chi connectivity index (χ1v) is 26.2. The zero-order chi connectivity index (χ0) is 49.9. The van der Waals surface area contributed by atoms with Crippen LogP contribution in [-0.2, 0) is 83.1 Å². The molecule has 0 aliphatic carbocycles. The number of hydrogen-bond acceptors (Lipinski definition) is 18. The molecule has 8 unspecified atom stereocenters. The van der Waals surface area contributed by atoms with Crippen LogP contribution in [-0.4, -0.2) is 94.3 Å². The van der Waals surface area contributed by atoms with Crippen LogP contribution in [0.1, 0.15) is 120 Å². The van der Waals surface area contributed by atoms with Crippen LogP contribution in [0.15, 0.2) is 48.6 Å². The lowest BCUT2D eigenvalue weighted by molar-refractivity contribution is -0.147. The molecular formula is C38H68O22P4. The Balaban J connectivity index is 0. The van der Waals surface area contributed by atoms with Crippen LogP contribution in [0.5, 0.6) is 0 Å². The number of rotatable bonds is 34. The Hall–Kier alpha value is -2.64. The molecule has 8 atom stereocenters. The molecule has 0 spiro atoms. The van der Waals surface area contributed by atoms with Crippen molar-refractivity contribution in [2.75, 3.05) is 26.4 Å². The largest absolute Gasteiger partial charge is 0.481 e. The highest BCUT2D eigenvalue weighted by atomic mass is 31.3. The lowest BCUT2D eigenvalue weighted by Gasteiger charge is -2.22. The van der Waals surface area contributed by atoms with Crippen molar-refractivity contribution in [3.05, 3.63) is 48.6 Å². The second-order valence-electron chi connectivity index (χ2n) is 14.3. The van der Waals surface area contributed by atoms with Crippen molar-refractivity contribution in [3.63, 3.8) is 0 Å². The van der Waals surface area contributed by atoms with Crippen LogP contribution in [0.4, 0.5) is 0 Å². The summed E-state index contributed by atoms with van der Waals surface area (Å²) in [6, 6.07) is 0. The summed E-state index contributed by atoms with van der Waals surface area (Å²) in [4.78, 5) is 85.8. The smallest absolute Gasteiger partial charge is 0.457 e. The predicted molar refractivity (Wildman–Crippen MR) is 233 cm³/mol. The maximum atomic E-state index is 12.2. The lowest BCUT2D eigenvalue weighted by atomic mass is 10.2. The first-order valence-electron chi connectivity index (χ1n) is 20.2. The van der Waals surface area contributed by atoms with Gasteiger partial charge in [0.25, 0.3) is 0 Å². The number of carbonyl (C=O) groups is 4. The molecule has 0 aromatic heterocycles. The van der Waals surface area contributed by atoms with Crippen molar-refractivity contribution in [1.29, 1.82) is 0 Å². The zero-order valence-corrected chi connectivity index (χ0v) is 41.5. The van der Waals surface area contributed by atoms with Crippen molar-refractivity contribution in [2.24, 2.45) is 0 Å². The molecule has 0 aromatic carbocycles. The van der Waals surface area contributed by atoms with Crippen LogP contribution in [0.2, 0.25) is 0 Å². The summed E-state index contributed by atoms with van der Waals surface area (Å²) in [6.07, 6.45) is 1.64. The Morgan fingerprint density at radius 1 is 0.406 bits per heavy atom. The Morgan fingerprint density at radius 3 is 0.781 bits per heavy atom. The van der Waals surface area contributed by atoms with E-state index in [-0.39, 0.29) is 22.3 Å². The molecule has 22 nitrogen and oxygen atoms in total. The fourth-order valence-electron chi connectivity index (χ4n) is 4.28. The minimum Gasteiger partial charge on any atom is -0.457 e. The van der Waals surface area contributed by atoms with Gasteiger partial charge in [0.2, 0.25) is 0 Å². The second kappa shape index (κ2) is 32.1. The molecule has 4 N–H and O–H groups in total. The van der Waals surface area contributed by atoms with E-state index in [4.69, 9.17) is 28.0 Å². The summed E-state index contributed by atoms with van der Waals surface area (Å²) in [6.45, 7) is 24.7. The minimum atomic E-state index is -5.07. The maximum Gasteiger partial charge on any atom is 0.481 e. The summed E-state index contributed by atoms with van der Waals surface area (Å²) >= 11 is 0. The van der Waals surface area contributed by atoms with Gasteiger partial charge >= 0.3 is 55.2 Å². The Labute approximate surface area is 376 Å². The van der Waals surface area contributed by atoms with Crippen molar-refractivity contribution in [1.82, 2.24) is 0 Å². The Morgan fingerprint density at radius 2 is 0.609 bits per heavy atom. The standard InChI is InChI=1S/C20H36O11P2.C18H32O11P2/c1-7-9-11-17(29-19(21)15(3)4)13-27-32(23,24)31-33(25,26)28-14-18(12-10-8-2)30-20(22)16(5)6;1-7-9-15(27-17(19)13(3)4)11-25-30(21,22)29-31(23,24)26-12-16(10-8-2)28-18(20)14(5)6/h17-18H,3,5,7-14H2,1-2,4,6H3,(H,23,24)(H,25,26);15-16H,3,5,7-12H2,1-2,4,6H3,(H,21,22)(H,23,24). The van der Waals surface area contributed by atoms with Gasteiger partial charge in [-0.15, -0.1) is 0 Å². The third-order valence-corrected chi connectivity index (χ3v) is 12.8. The number of carbonyl (C=O) groups excluding carboxylic acids is 4. The highest BCUT2D eigenvalue weighted by molar-refractivity contribution is 7.61. The average Bonchev–Trinajstić information content (AvgIpc) is 3.17. The SMILES string of the molecule is C=C(C)C(=O)OC(CCC)COP(=O)(O)OP(=O)(O)OCC(CCC)OC(=O)C(=C)C.C=C(C)C(=O)OC(CCCC)COP(=O)(O)OP(=O)(O)OCC(CCCC)OC(=O)C(=C)C. The van der Waals surface area contributed by atoms with Crippen LogP contribution >= 0.6 is 31.3 Å². The first kappa shape index (κ1) is 63.4. The zero-order valence-electron chi connectivity index (χ0n) is 38.0. The number of esters is 4. The molecular weight excluding hydrogens is 932 g/mol. The molecule has 26 heteroatoms. The molecule has 372 valence electrons. The van der Waals surface area contributed by atoms with Gasteiger partial charge in [-0.25, -0.2) is 37.4 Å². The van der Waals surface area contributed by atoms with E-state index in [1.54, 1.807) is 13.8 Å². The molecule has 0 fully saturated rings. The third-order valence-electron chi connectivity index (χ3n) is 7.58. The van der Waals surface area contributed by atoms with E-state index < -0.39 is 106 Å². The molecule has 0 aromatic rings. The van der Waals surface area contributed by atoms with Gasteiger partial charge < -0.3 is 38.5 Å². The molecule has 0 rings (SSSR count). The van der Waals surface area contributed by atoms with E-state index in [2.05, 4.69) is 44.0 Å². The monoisotopic (exact) mass is 1000 g/mol. The molecule has 0 saturated carbocycles. The second-order valence-corrected chi connectivity index (χ2v) is 20.4. The van der Waals surface area contributed by atoms with E-state index in [0.717, 1.165) is 12.8 Å². The van der Waals surface area contributed by atoms with Gasteiger partial charge in [-0.3, -0.25) is 18.1 Å². The van der Waals surface area contributed by atoms with Crippen molar-refractivity contribution in [3.8, 4) is 0 Å². The molecule has 0 aliphatic rings. The summed E-state index contributed by atoms with van der Waals surface area (Å²) in [5.41, 5.74) is 0.537. The normalized spacial score (nSPS) is 16.8. The summed E-state index contributed by atoms with van der Waals surface area (Å²) in [5.74, 6) is -2.82. The highest BCUT2D eigenvalue weighted by Crippen LogP contribution is 2.61. The van der Waals surface area contributed by atoms with Crippen LogP contribution in [0.25, 0.3) is 0 Å². The van der Waals surface area contributed by atoms with Crippen LogP contribution in [0.3, 0.4) is 0 Å². The Kier molecular flexibility index (Phi) is 31.9. The van der Waals surface area contributed by atoms with Gasteiger partial charge in [0.05, 0.1) is 26.4 Å². The van der Waals surface area contributed by atoms with Crippen LogP contribution in [0, 0.1) is 0 Å². The number of ether oxygens (including phenoxy) is 4. The summed E-state index contributed by atoms with van der Waals surface area (Å²) in [5, 5.41) is 0. The van der Waals surface area contributed by atoms with Gasteiger partial charge in [0.15, 0.2) is 0 Å². The van der Waals surface area contributed by atoms with E-state index in [9.17, 15) is 57.0 Å². The topological polar surface area (TPSA) is 310 Å². The molecule has 0 bridgehead atoms. The minimum absolute atomic E-state index is 0.131. The van der Waals surface area contributed by atoms with Crippen molar-refractivity contribution in [2.45, 2.75) is 144 Å². The number of phosphoric acid groups is 4. The van der Waals surface area contributed by atoms with E-state index >= 15 is 0 Å². The maximum absolute atomic E-state index is 12.2. The third kappa shape index (κ3) is 32.1. The highest BCUT2D eigenvalue weighted by Gasteiger charge is 2.38. The lowest BCUT2D eigenvalue weighted by Crippen LogP contribution is -2.24. The van der Waals surface area contributed by atoms with Gasteiger partial charge in [0, 0.05) is 22.3 Å². The number of unbranched alkanes of at least 4 members (excludes halogenated alkanes) is 2. The Bertz CT molecular complexity index is 1630. The van der Waals surface area contributed by atoms with Gasteiger partial charge in [-0.2, -0.15) is 8.62 Å². The van der Waals surface area contributed by atoms with E-state index in [0.29, 0.717) is 51.4 Å². The summed E-state index contributed by atoms with van der Waals surface area (Å²) in [7, 11) is -20.2. The van der Waals surface area contributed by atoms with Crippen LogP contribution < -0.4 is 0 Å². The molecule has 64 heavy (non-hydrogen) atoms.